The summed E-state index contributed by atoms with van der Waals surface area (Å²) in [5.41, 5.74) is 3.37. The maximum absolute atomic E-state index is 12.8. The molecule has 1 aromatic heterocycles. The van der Waals surface area contributed by atoms with Crippen LogP contribution in [0.5, 0.6) is 0 Å². The molecule has 7 heteroatoms. The molecule has 1 amide bonds. The number of aromatic nitrogens is 2. The number of benzene rings is 2. The molecule has 3 aromatic rings. The van der Waals surface area contributed by atoms with Crippen LogP contribution in [0.3, 0.4) is 0 Å². The standard InChI is InChI=1S/C20H18ClN3O3/c1-12-7-8-18(16(9-12)20(26)27-3)23-19(25)17-11-22-24(13(17)2)15-6-4-5-14(21)10-15/h4-11H,1-3H3,(H,23,25). The lowest BCUT2D eigenvalue weighted by Crippen LogP contribution is -2.16. The summed E-state index contributed by atoms with van der Waals surface area (Å²) in [7, 11) is 1.30. The zero-order valence-corrected chi connectivity index (χ0v) is 15.9. The number of carbonyl (C=O) groups is 2. The number of nitrogens with one attached hydrogen (secondary N) is 1. The molecule has 1 heterocycles. The van der Waals surface area contributed by atoms with Gasteiger partial charge in [0.15, 0.2) is 0 Å². The molecule has 1 N–H and O–H groups in total. The summed E-state index contributed by atoms with van der Waals surface area (Å²) < 4.78 is 6.43. The highest BCUT2D eigenvalue weighted by Crippen LogP contribution is 2.22. The average molecular weight is 384 g/mol. The fourth-order valence-electron chi connectivity index (χ4n) is 2.74. The molecule has 0 aliphatic heterocycles. The number of halogens is 1. The van der Waals surface area contributed by atoms with Crippen LogP contribution in [-0.4, -0.2) is 28.8 Å². The molecule has 6 nitrogen and oxygen atoms in total. The molecule has 0 radical (unpaired) electrons. The van der Waals surface area contributed by atoms with Crippen molar-refractivity contribution in [2.75, 3.05) is 12.4 Å². The van der Waals surface area contributed by atoms with E-state index in [1.165, 1.54) is 13.3 Å². The van der Waals surface area contributed by atoms with Crippen LogP contribution in [0.15, 0.2) is 48.7 Å². The fraction of sp³-hybridized carbons (Fsp3) is 0.150. The largest absolute Gasteiger partial charge is 0.465 e. The van der Waals surface area contributed by atoms with Gasteiger partial charge in [0.25, 0.3) is 5.91 Å². The monoisotopic (exact) mass is 383 g/mol. The number of anilines is 1. The normalized spacial score (nSPS) is 10.5. The zero-order valence-electron chi connectivity index (χ0n) is 15.1. The number of nitrogens with zero attached hydrogens (tertiary/aromatic N) is 2. The van der Waals surface area contributed by atoms with E-state index in [2.05, 4.69) is 10.4 Å². The highest BCUT2D eigenvalue weighted by atomic mass is 35.5. The van der Waals surface area contributed by atoms with Gasteiger partial charge in [-0.15, -0.1) is 0 Å². The highest BCUT2D eigenvalue weighted by molar-refractivity contribution is 6.30. The summed E-state index contributed by atoms with van der Waals surface area (Å²) in [5.74, 6) is -0.880. The SMILES string of the molecule is COC(=O)c1cc(C)ccc1NC(=O)c1cnn(-c2cccc(Cl)c2)c1C. The number of methoxy groups -OCH3 is 1. The molecule has 0 saturated carbocycles. The van der Waals surface area contributed by atoms with Crippen LogP contribution in [0.1, 0.15) is 32.0 Å². The second-order valence-corrected chi connectivity index (χ2v) is 6.47. The van der Waals surface area contributed by atoms with Crippen LogP contribution in [-0.2, 0) is 4.74 Å². The van der Waals surface area contributed by atoms with E-state index in [-0.39, 0.29) is 5.91 Å². The molecule has 2 aromatic carbocycles. The van der Waals surface area contributed by atoms with Crippen molar-refractivity contribution in [3.63, 3.8) is 0 Å². The first kappa shape index (κ1) is 18.7. The van der Waals surface area contributed by atoms with Gasteiger partial charge in [-0.25, -0.2) is 9.48 Å². The second kappa shape index (κ2) is 7.63. The van der Waals surface area contributed by atoms with E-state index in [1.54, 1.807) is 35.9 Å². The van der Waals surface area contributed by atoms with E-state index < -0.39 is 5.97 Å². The minimum atomic E-state index is -0.514. The van der Waals surface area contributed by atoms with Gasteiger partial charge >= 0.3 is 5.97 Å². The molecule has 0 spiro atoms. The van der Waals surface area contributed by atoms with Crippen LogP contribution in [0.2, 0.25) is 5.02 Å². The summed E-state index contributed by atoms with van der Waals surface area (Å²) in [5, 5.41) is 7.63. The van der Waals surface area contributed by atoms with E-state index in [1.807, 2.05) is 25.1 Å². The molecule has 3 rings (SSSR count). The van der Waals surface area contributed by atoms with Crippen molar-refractivity contribution in [1.82, 2.24) is 9.78 Å². The van der Waals surface area contributed by atoms with Gasteiger partial charge in [0.1, 0.15) is 0 Å². The average Bonchev–Trinajstić information content (AvgIpc) is 3.04. The quantitative estimate of drug-likeness (QED) is 0.686. The van der Waals surface area contributed by atoms with Crippen LogP contribution in [0.25, 0.3) is 5.69 Å². The number of amides is 1. The number of esters is 1. The molecule has 0 aliphatic rings. The van der Waals surface area contributed by atoms with Gasteiger partial charge in [0.2, 0.25) is 0 Å². The Labute approximate surface area is 161 Å². The summed E-state index contributed by atoms with van der Waals surface area (Å²) in [6.45, 7) is 3.65. The lowest BCUT2D eigenvalue weighted by Gasteiger charge is -2.11. The van der Waals surface area contributed by atoms with Gasteiger partial charge in [0.05, 0.1) is 41.5 Å². The Morgan fingerprint density at radius 1 is 1.11 bits per heavy atom. The topological polar surface area (TPSA) is 73.2 Å². The lowest BCUT2D eigenvalue weighted by molar-refractivity contribution is 0.0602. The predicted octanol–water partition coefficient (Wildman–Crippen LogP) is 4.18. The third-order valence-corrected chi connectivity index (χ3v) is 4.37. The summed E-state index contributed by atoms with van der Waals surface area (Å²) in [6, 6.07) is 12.3. The first-order valence-electron chi connectivity index (χ1n) is 8.21. The Morgan fingerprint density at radius 3 is 2.59 bits per heavy atom. The van der Waals surface area contributed by atoms with Gasteiger partial charge in [-0.1, -0.05) is 29.3 Å². The lowest BCUT2D eigenvalue weighted by atomic mass is 10.1. The summed E-state index contributed by atoms with van der Waals surface area (Å²) in [4.78, 5) is 24.7. The third kappa shape index (κ3) is 3.85. The molecule has 0 unspecified atom stereocenters. The van der Waals surface area contributed by atoms with Crippen molar-refractivity contribution in [2.24, 2.45) is 0 Å². The van der Waals surface area contributed by atoms with Crippen molar-refractivity contribution < 1.29 is 14.3 Å². The number of hydrogen-bond acceptors (Lipinski definition) is 4. The zero-order chi connectivity index (χ0) is 19.6. The van der Waals surface area contributed by atoms with Crippen LogP contribution < -0.4 is 5.32 Å². The molecule has 0 aliphatic carbocycles. The number of ether oxygens (including phenoxy) is 1. The molecule has 138 valence electrons. The van der Waals surface area contributed by atoms with E-state index in [0.29, 0.717) is 27.5 Å². The summed E-state index contributed by atoms with van der Waals surface area (Å²) in [6.07, 6.45) is 1.48. The third-order valence-electron chi connectivity index (χ3n) is 4.14. The van der Waals surface area contributed by atoms with Crippen molar-refractivity contribution in [3.05, 3.63) is 76.1 Å². The van der Waals surface area contributed by atoms with Gasteiger partial charge in [-0.2, -0.15) is 5.10 Å². The Balaban J connectivity index is 1.91. The van der Waals surface area contributed by atoms with Crippen LogP contribution in [0.4, 0.5) is 5.69 Å². The Bertz CT molecular complexity index is 1030. The Hall–Kier alpha value is -3.12. The van der Waals surface area contributed by atoms with E-state index >= 15 is 0 Å². The second-order valence-electron chi connectivity index (χ2n) is 6.03. The van der Waals surface area contributed by atoms with Gasteiger partial charge in [-0.3, -0.25) is 4.79 Å². The maximum atomic E-state index is 12.8. The smallest absolute Gasteiger partial charge is 0.339 e. The highest BCUT2D eigenvalue weighted by Gasteiger charge is 2.19. The molecule has 27 heavy (non-hydrogen) atoms. The fourth-order valence-corrected chi connectivity index (χ4v) is 2.92. The molecular formula is C20H18ClN3O3. The van der Waals surface area contributed by atoms with Crippen molar-refractivity contribution >= 4 is 29.2 Å². The van der Waals surface area contributed by atoms with E-state index in [4.69, 9.17) is 16.3 Å². The number of hydrogen-bond donors (Lipinski definition) is 1. The molecular weight excluding hydrogens is 366 g/mol. The van der Waals surface area contributed by atoms with Crippen molar-refractivity contribution in [1.29, 1.82) is 0 Å². The van der Waals surface area contributed by atoms with Crippen LogP contribution >= 0.6 is 11.6 Å². The van der Waals surface area contributed by atoms with Gasteiger partial charge in [0, 0.05) is 5.02 Å². The minimum absolute atomic E-state index is 0.297. The first-order valence-corrected chi connectivity index (χ1v) is 8.59. The number of aryl methyl sites for hydroxylation is 1. The Morgan fingerprint density at radius 2 is 1.89 bits per heavy atom. The molecule has 0 bridgehead atoms. The number of carbonyl (C=O) groups excluding carboxylic acids is 2. The number of rotatable bonds is 4. The predicted molar refractivity (Wildman–Crippen MR) is 104 cm³/mol. The molecule has 0 atom stereocenters. The minimum Gasteiger partial charge on any atom is -0.465 e. The molecule has 0 fully saturated rings. The molecule has 0 saturated heterocycles. The van der Waals surface area contributed by atoms with Gasteiger partial charge < -0.3 is 10.1 Å². The van der Waals surface area contributed by atoms with E-state index in [9.17, 15) is 9.59 Å². The Kier molecular flexibility index (Phi) is 5.28. The van der Waals surface area contributed by atoms with Crippen LogP contribution in [0, 0.1) is 13.8 Å². The summed E-state index contributed by atoms with van der Waals surface area (Å²) >= 11 is 6.03. The van der Waals surface area contributed by atoms with Gasteiger partial charge in [-0.05, 0) is 44.2 Å². The van der Waals surface area contributed by atoms with E-state index in [0.717, 1.165) is 11.3 Å². The van der Waals surface area contributed by atoms with Crippen molar-refractivity contribution in [3.8, 4) is 5.69 Å². The van der Waals surface area contributed by atoms with Crippen molar-refractivity contribution in [2.45, 2.75) is 13.8 Å². The maximum Gasteiger partial charge on any atom is 0.339 e. The first-order chi connectivity index (χ1) is 12.9.